The highest BCUT2D eigenvalue weighted by Gasteiger charge is 2.50. The predicted molar refractivity (Wildman–Crippen MR) is 120 cm³/mol. The fraction of sp³-hybridized carbons (Fsp3) is 1.00. The first kappa shape index (κ1) is 22.1. The van der Waals surface area contributed by atoms with Crippen molar-refractivity contribution >= 4 is 53.3 Å². The molecule has 1 rings (SSSR count). The molecule has 23 heavy (non-hydrogen) atoms. The number of hydrogen-bond donors (Lipinski definition) is 3. The van der Waals surface area contributed by atoms with Crippen molar-refractivity contribution in [3.8, 4) is 0 Å². The molecule has 138 valence electrons. The molecule has 1 saturated heterocycles. The van der Waals surface area contributed by atoms with Gasteiger partial charge in [0, 0.05) is 0 Å². The lowest BCUT2D eigenvalue weighted by molar-refractivity contribution is 0.559. The highest BCUT2D eigenvalue weighted by atomic mass is 28.5. The molecule has 12 heteroatoms. The third-order valence-electron chi connectivity index (χ3n) is 6.25. The van der Waals surface area contributed by atoms with Crippen LogP contribution in [0.2, 0.25) is 52.4 Å². The third-order valence-corrected chi connectivity index (χ3v) is 36.4. The molecule has 0 radical (unpaired) electrons. The second-order valence-electron chi connectivity index (χ2n) is 8.74. The average molecular weight is 425 g/mol. The van der Waals surface area contributed by atoms with Gasteiger partial charge >= 0.3 is 0 Å². The smallest absolute Gasteiger partial charge is 0.188 e. The van der Waals surface area contributed by atoms with Gasteiger partial charge in [0.25, 0.3) is 0 Å². The molecule has 1 aliphatic rings. The summed E-state index contributed by atoms with van der Waals surface area (Å²) in [6.45, 7) is 20.0. The van der Waals surface area contributed by atoms with E-state index < -0.39 is 33.6 Å². The largest absolute Gasteiger partial charge is 0.346 e. The molecule has 0 aliphatic carbocycles. The first-order valence-corrected chi connectivity index (χ1v) is 23.1. The van der Waals surface area contributed by atoms with Crippen LogP contribution in [0.3, 0.4) is 0 Å². The molecule has 1 aliphatic heterocycles. The number of nitrogens with zero attached hydrogens (tertiary/aromatic N) is 3. The van der Waals surface area contributed by atoms with Crippen LogP contribution in [0.4, 0.5) is 0 Å². The van der Waals surface area contributed by atoms with Crippen LogP contribution in [0.5, 0.6) is 0 Å². The lowest BCUT2D eigenvalue weighted by atomic mass is 11.6. The number of nitrogens with one attached hydrogen (secondary N) is 3. The van der Waals surface area contributed by atoms with E-state index >= 15 is 0 Å². The summed E-state index contributed by atoms with van der Waals surface area (Å²) < 4.78 is 20.2. The molecule has 1 heterocycles. The Morgan fingerprint density at radius 2 is 0.870 bits per heavy atom. The molecule has 0 saturated carbocycles. The topological polar surface area (TPSA) is 45.8 Å². The summed E-state index contributed by atoms with van der Waals surface area (Å²) in [6, 6.07) is 0. The van der Waals surface area contributed by atoms with Crippen molar-refractivity contribution in [2.24, 2.45) is 0 Å². The van der Waals surface area contributed by atoms with Crippen LogP contribution in [0, 0.1) is 0 Å². The first-order chi connectivity index (χ1) is 10.2. The summed E-state index contributed by atoms with van der Waals surface area (Å²) in [5.74, 6) is 0. The van der Waals surface area contributed by atoms with E-state index in [1.165, 1.54) is 0 Å². The first-order valence-electron chi connectivity index (χ1n) is 8.60. The summed E-state index contributed by atoms with van der Waals surface area (Å²) in [6.07, 6.45) is 0. The van der Waals surface area contributed by atoms with Crippen molar-refractivity contribution in [3.05, 3.63) is 0 Å². The zero-order valence-corrected chi connectivity index (χ0v) is 24.1. The van der Waals surface area contributed by atoms with Gasteiger partial charge in [0.15, 0.2) is 53.3 Å². The Kier molecular flexibility index (Phi) is 7.07. The van der Waals surface area contributed by atoms with E-state index in [9.17, 15) is 0 Å². The van der Waals surface area contributed by atoms with Crippen molar-refractivity contribution in [2.75, 3.05) is 21.1 Å². The Balaban J connectivity index is 3.28. The lowest BCUT2D eigenvalue weighted by Crippen LogP contribution is -2.82. The molecular formula is C11H40N6Si6. The minimum atomic E-state index is -1.66. The van der Waals surface area contributed by atoms with Crippen LogP contribution in [0.15, 0.2) is 0 Å². The number of rotatable bonds is 0. The molecule has 6 nitrogen and oxygen atoms in total. The van der Waals surface area contributed by atoms with E-state index in [0.717, 1.165) is 0 Å². The van der Waals surface area contributed by atoms with Crippen molar-refractivity contribution in [1.29, 1.82) is 0 Å². The van der Waals surface area contributed by atoms with E-state index in [4.69, 9.17) is 0 Å². The van der Waals surface area contributed by atoms with Crippen LogP contribution >= 0.6 is 0 Å². The normalized spacial score (nSPS) is 32.5. The Hall–Kier alpha value is 1.06. The minimum Gasteiger partial charge on any atom is -0.346 e. The molecule has 0 atom stereocenters. The van der Waals surface area contributed by atoms with E-state index in [1.54, 1.807) is 0 Å². The zero-order chi connectivity index (χ0) is 18.3. The van der Waals surface area contributed by atoms with Gasteiger partial charge in [0.05, 0.1) is 0 Å². The third kappa shape index (κ3) is 4.62. The molecule has 0 aromatic rings. The fourth-order valence-corrected chi connectivity index (χ4v) is 33.5. The summed E-state index contributed by atoms with van der Waals surface area (Å²) in [7, 11) is -0.0128. The quantitative estimate of drug-likeness (QED) is 0.450. The van der Waals surface area contributed by atoms with Crippen molar-refractivity contribution in [2.45, 2.75) is 52.4 Å². The highest BCUT2D eigenvalue weighted by molar-refractivity contribution is 6.99. The Morgan fingerprint density at radius 1 is 0.565 bits per heavy atom. The molecule has 0 amide bonds. The fourth-order valence-electron chi connectivity index (χ4n) is 3.34. The Labute approximate surface area is 153 Å². The second kappa shape index (κ2) is 7.36. The minimum absolute atomic E-state index is 0.370. The van der Waals surface area contributed by atoms with E-state index in [1.807, 2.05) is 0 Å². The van der Waals surface area contributed by atoms with Crippen LogP contribution in [-0.4, -0.2) is 87.1 Å². The van der Waals surface area contributed by atoms with Gasteiger partial charge in [-0.25, -0.2) is 0 Å². The molecule has 0 aromatic heterocycles. The molecule has 1 fully saturated rings. The maximum absolute atomic E-state index is 3.98. The monoisotopic (exact) mass is 424 g/mol. The zero-order valence-electron chi connectivity index (χ0n) is 17.3. The van der Waals surface area contributed by atoms with Crippen LogP contribution in [0.1, 0.15) is 0 Å². The molecular weight excluding hydrogens is 385 g/mol. The average Bonchev–Trinajstić information content (AvgIpc) is 2.43. The van der Waals surface area contributed by atoms with Gasteiger partial charge in [-0.15, -0.1) is 0 Å². The van der Waals surface area contributed by atoms with Gasteiger partial charge < -0.3 is 26.6 Å². The SMILES string of the molecule is CN1[Si](C)(C)N[SiH2]N[SiH2]N[Si](C)(C)N(C)[Si](C)(C)N(C)[Si]1(C)C. The van der Waals surface area contributed by atoms with Crippen molar-refractivity contribution < 1.29 is 0 Å². The maximum atomic E-state index is 3.98. The standard InChI is InChI=1S/C11H40N6Si6/c1-15-20(4,5)13-18-12-19-14-21(6,7)16(2)23(10,11)17(3)22(15,8)9/h12-14H,18-19H2,1-11H3. The molecule has 3 N–H and O–H groups in total. The van der Waals surface area contributed by atoms with Crippen LogP contribution < -0.4 is 13.9 Å². The maximum Gasteiger partial charge on any atom is 0.188 e. The second-order valence-corrected chi connectivity index (χ2v) is 31.9. The van der Waals surface area contributed by atoms with E-state index in [-0.39, 0.29) is 19.7 Å². The summed E-state index contributed by atoms with van der Waals surface area (Å²) in [5, 5.41) is 0. The van der Waals surface area contributed by atoms with Gasteiger partial charge in [-0.1, -0.05) is 0 Å². The van der Waals surface area contributed by atoms with Gasteiger partial charge in [0.2, 0.25) is 0 Å². The Morgan fingerprint density at radius 3 is 1.17 bits per heavy atom. The van der Waals surface area contributed by atoms with Gasteiger partial charge in [-0.3, -0.25) is 0 Å². The van der Waals surface area contributed by atoms with Gasteiger partial charge in [-0.2, -0.15) is 0 Å². The van der Waals surface area contributed by atoms with Crippen molar-refractivity contribution in [1.82, 2.24) is 26.6 Å². The number of hydrogen-bond acceptors (Lipinski definition) is 6. The lowest BCUT2D eigenvalue weighted by Gasteiger charge is -2.57. The van der Waals surface area contributed by atoms with Crippen molar-refractivity contribution in [3.63, 3.8) is 0 Å². The summed E-state index contributed by atoms with van der Waals surface area (Å²) >= 11 is 0. The van der Waals surface area contributed by atoms with Gasteiger partial charge in [-0.05, 0) is 73.5 Å². The van der Waals surface area contributed by atoms with Crippen LogP contribution in [-0.2, 0) is 0 Å². The van der Waals surface area contributed by atoms with Gasteiger partial charge in [0.1, 0.15) is 0 Å². The Bertz CT molecular complexity index is 382. The van der Waals surface area contributed by atoms with E-state index in [0.29, 0.717) is 0 Å². The summed E-state index contributed by atoms with van der Waals surface area (Å²) in [4.78, 5) is 0. The molecule has 0 unspecified atom stereocenters. The molecule has 0 spiro atoms. The predicted octanol–water partition coefficient (Wildman–Crippen LogP) is -0.631. The van der Waals surface area contributed by atoms with E-state index in [2.05, 4.69) is 100 Å². The molecule has 0 bridgehead atoms. The summed E-state index contributed by atoms with van der Waals surface area (Å²) in [5.41, 5.74) is 0. The molecule has 0 aromatic carbocycles. The van der Waals surface area contributed by atoms with Crippen LogP contribution in [0.25, 0.3) is 0 Å². The highest BCUT2D eigenvalue weighted by Crippen LogP contribution is 2.27.